The molecular formula is C6H13N2O2+. The van der Waals surface area contributed by atoms with Crippen LogP contribution in [0.1, 0.15) is 12.8 Å². The van der Waals surface area contributed by atoms with Gasteiger partial charge in [0.25, 0.3) is 0 Å². The zero-order valence-electron chi connectivity index (χ0n) is 5.93. The molecule has 1 aliphatic heterocycles. The topological polar surface area (TPSA) is 84.4 Å². The maximum atomic E-state index is 10.5. The molecule has 4 heteroatoms. The van der Waals surface area contributed by atoms with Crippen LogP contribution in [0.15, 0.2) is 0 Å². The van der Waals surface area contributed by atoms with Gasteiger partial charge in [-0.15, -0.1) is 0 Å². The van der Waals surface area contributed by atoms with E-state index in [1.165, 1.54) is 0 Å². The minimum Gasteiger partial charge on any atom is -0.544 e. The molecule has 0 saturated carbocycles. The Morgan fingerprint density at radius 3 is 2.30 bits per heavy atom. The molecule has 1 fully saturated rings. The maximum Gasteiger partial charge on any atom is 0.145 e. The van der Waals surface area contributed by atoms with Crippen molar-refractivity contribution >= 4 is 5.97 Å². The zero-order valence-corrected chi connectivity index (χ0v) is 5.93. The number of carbonyl (C=O) groups excluding carboxylic acids is 1. The number of hydrogen-bond acceptors (Lipinski definition) is 2. The summed E-state index contributed by atoms with van der Waals surface area (Å²) in [5, 5.41) is 12.6. The highest BCUT2D eigenvalue weighted by Crippen LogP contribution is 2.07. The molecule has 0 aromatic heterocycles. The SMILES string of the molecule is [NH3+]C1(C(=O)[O-])CC[NH2+]CC1. The zero-order chi connectivity index (χ0) is 7.61. The van der Waals surface area contributed by atoms with Crippen LogP contribution in [0.2, 0.25) is 0 Å². The molecule has 1 saturated heterocycles. The highest BCUT2D eigenvalue weighted by Gasteiger charge is 2.34. The van der Waals surface area contributed by atoms with Crippen molar-refractivity contribution in [2.75, 3.05) is 13.1 Å². The second-order valence-electron chi connectivity index (χ2n) is 2.93. The Morgan fingerprint density at radius 1 is 1.50 bits per heavy atom. The van der Waals surface area contributed by atoms with Crippen LogP contribution >= 0.6 is 0 Å². The molecule has 10 heavy (non-hydrogen) atoms. The molecule has 0 aliphatic carbocycles. The molecule has 5 N–H and O–H groups in total. The number of piperidine rings is 1. The summed E-state index contributed by atoms with van der Waals surface area (Å²) in [7, 11) is 0. The number of carboxylic acid groups (broad SMARTS) is 1. The van der Waals surface area contributed by atoms with Crippen LogP contribution in [-0.2, 0) is 4.79 Å². The Hall–Kier alpha value is -0.610. The first-order valence-electron chi connectivity index (χ1n) is 3.54. The third-order valence-corrected chi connectivity index (χ3v) is 2.09. The first-order chi connectivity index (χ1) is 4.65. The minimum absolute atomic E-state index is 0.634. The fourth-order valence-corrected chi connectivity index (χ4v) is 1.23. The number of nitrogens with two attached hydrogens (primary N) is 1. The molecular weight excluding hydrogens is 132 g/mol. The van der Waals surface area contributed by atoms with Crippen LogP contribution < -0.4 is 16.2 Å². The molecule has 0 atom stereocenters. The van der Waals surface area contributed by atoms with Gasteiger partial charge in [-0.2, -0.15) is 0 Å². The van der Waals surface area contributed by atoms with E-state index in [0.29, 0.717) is 12.8 Å². The lowest BCUT2D eigenvalue weighted by atomic mass is 9.90. The summed E-state index contributed by atoms with van der Waals surface area (Å²) in [5.74, 6) is -0.999. The number of rotatable bonds is 1. The Kier molecular flexibility index (Phi) is 1.92. The number of hydrogen-bond donors (Lipinski definition) is 2. The standard InChI is InChI=1S/C6H12N2O2/c7-6(5(9)10)1-3-8-4-2-6/h8H,1-4,7H2,(H,9,10)/p+1. The summed E-state index contributed by atoms with van der Waals surface area (Å²) in [4.78, 5) is 10.5. The van der Waals surface area contributed by atoms with Gasteiger partial charge in [0.15, 0.2) is 0 Å². The largest absolute Gasteiger partial charge is 0.544 e. The monoisotopic (exact) mass is 145 g/mol. The van der Waals surface area contributed by atoms with E-state index in [9.17, 15) is 9.90 Å². The lowest BCUT2D eigenvalue weighted by molar-refractivity contribution is -0.682. The highest BCUT2D eigenvalue weighted by atomic mass is 16.4. The predicted octanol–water partition coefficient (Wildman–Crippen LogP) is -3.93. The Balaban J connectivity index is 2.56. The van der Waals surface area contributed by atoms with E-state index in [4.69, 9.17) is 0 Å². The fraction of sp³-hybridized carbons (Fsp3) is 0.833. The second-order valence-corrected chi connectivity index (χ2v) is 2.93. The van der Waals surface area contributed by atoms with Gasteiger partial charge < -0.3 is 21.0 Å². The number of quaternary nitrogens is 2. The van der Waals surface area contributed by atoms with E-state index < -0.39 is 11.5 Å². The van der Waals surface area contributed by atoms with Crippen molar-refractivity contribution in [3.63, 3.8) is 0 Å². The Bertz CT molecular complexity index is 141. The van der Waals surface area contributed by atoms with Gasteiger partial charge >= 0.3 is 0 Å². The van der Waals surface area contributed by atoms with E-state index in [2.05, 4.69) is 11.1 Å². The van der Waals surface area contributed by atoms with E-state index in [1.807, 2.05) is 0 Å². The average Bonchev–Trinajstić information content (AvgIpc) is 1.89. The molecule has 58 valence electrons. The lowest BCUT2D eigenvalue weighted by Gasteiger charge is -2.28. The normalized spacial score (nSPS) is 24.1. The molecule has 0 bridgehead atoms. The predicted molar refractivity (Wildman–Crippen MR) is 31.5 cm³/mol. The van der Waals surface area contributed by atoms with Crippen LogP contribution in [0.25, 0.3) is 0 Å². The molecule has 0 amide bonds. The van der Waals surface area contributed by atoms with E-state index >= 15 is 0 Å². The molecule has 4 nitrogen and oxygen atoms in total. The van der Waals surface area contributed by atoms with Gasteiger partial charge in [0, 0.05) is 0 Å². The van der Waals surface area contributed by atoms with E-state index in [-0.39, 0.29) is 0 Å². The van der Waals surface area contributed by atoms with Gasteiger partial charge in [-0.05, 0) is 0 Å². The molecule has 0 spiro atoms. The summed E-state index contributed by atoms with van der Waals surface area (Å²) in [6.07, 6.45) is 1.27. The summed E-state index contributed by atoms with van der Waals surface area (Å²) in [5.41, 5.74) is 2.85. The van der Waals surface area contributed by atoms with Crippen LogP contribution in [0.3, 0.4) is 0 Å². The van der Waals surface area contributed by atoms with Gasteiger partial charge in [0.05, 0.1) is 25.9 Å². The van der Waals surface area contributed by atoms with Crippen molar-refractivity contribution in [3.8, 4) is 0 Å². The van der Waals surface area contributed by atoms with E-state index in [1.54, 1.807) is 0 Å². The molecule has 0 aromatic carbocycles. The molecule has 0 unspecified atom stereocenters. The third-order valence-electron chi connectivity index (χ3n) is 2.09. The highest BCUT2D eigenvalue weighted by molar-refractivity contribution is 5.74. The van der Waals surface area contributed by atoms with E-state index in [0.717, 1.165) is 13.1 Å². The van der Waals surface area contributed by atoms with Gasteiger partial charge in [-0.1, -0.05) is 0 Å². The minimum atomic E-state index is -0.999. The molecule has 1 rings (SSSR count). The van der Waals surface area contributed by atoms with Gasteiger partial charge in [0.2, 0.25) is 0 Å². The maximum absolute atomic E-state index is 10.5. The smallest absolute Gasteiger partial charge is 0.145 e. The summed E-state index contributed by atoms with van der Waals surface area (Å²) < 4.78 is 0. The molecule has 1 heterocycles. The number of aliphatic carboxylic acids is 1. The fourth-order valence-electron chi connectivity index (χ4n) is 1.23. The second kappa shape index (κ2) is 2.56. The van der Waals surface area contributed by atoms with Crippen molar-refractivity contribution in [3.05, 3.63) is 0 Å². The first kappa shape index (κ1) is 7.50. The van der Waals surface area contributed by atoms with Crippen molar-refractivity contribution in [2.24, 2.45) is 0 Å². The molecule has 0 radical (unpaired) electrons. The van der Waals surface area contributed by atoms with Gasteiger partial charge in [-0.25, -0.2) is 0 Å². The first-order valence-corrected chi connectivity index (χ1v) is 3.54. The number of carboxylic acids is 1. The molecule has 0 aromatic rings. The summed E-state index contributed by atoms with van der Waals surface area (Å²) >= 11 is 0. The summed E-state index contributed by atoms with van der Waals surface area (Å²) in [6.45, 7) is 1.72. The van der Waals surface area contributed by atoms with Crippen LogP contribution in [0.4, 0.5) is 0 Å². The van der Waals surface area contributed by atoms with Crippen LogP contribution in [-0.4, -0.2) is 24.6 Å². The van der Waals surface area contributed by atoms with Crippen molar-refractivity contribution in [1.29, 1.82) is 0 Å². The third kappa shape index (κ3) is 1.27. The van der Waals surface area contributed by atoms with Crippen molar-refractivity contribution in [1.82, 2.24) is 0 Å². The van der Waals surface area contributed by atoms with Gasteiger partial charge in [-0.3, -0.25) is 0 Å². The van der Waals surface area contributed by atoms with Crippen molar-refractivity contribution in [2.45, 2.75) is 18.4 Å². The Morgan fingerprint density at radius 2 is 2.00 bits per heavy atom. The van der Waals surface area contributed by atoms with Crippen LogP contribution in [0, 0.1) is 0 Å². The Labute approximate surface area is 59.4 Å². The lowest BCUT2D eigenvalue weighted by Crippen LogP contribution is -2.94. The van der Waals surface area contributed by atoms with Gasteiger partial charge in [0.1, 0.15) is 11.5 Å². The quantitative estimate of drug-likeness (QED) is 0.395. The van der Waals surface area contributed by atoms with Crippen molar-refractivity contribution < 1.29 is 21.0 Å². The average molecular weight is 145 g/mol. The number of carbonyl (C=O) groups is 1. The summed E-state index contributed by atoms with van der Waals surface area (Å²) in [6, 6.07) is 0. The van der Waals surface area contributed by atoms with Crippen LogP contribution in [0.5, 0.6) is 0 Å². The molecule has 1 aliphatic rings.